The quantitative estimate of drug-likeness (QED) is 0.409. The summed E-state index contributed by atoms with van der Waals surface area (Å²) in [7, 11) is 0. The number of aliphatic hydroxyl groups excluding tert-OH is 1. The van der Waals surface area contributed by atoms with Crippen LogP contribution in [0.15, 0.2) is 18.2 Å². The number of nitrogens with one attached hydrogen (secondary N) is 1. The molecule has 0 aromatic heterocycles. The zero-order valence-corrected chi connectivity index (χ0v) is 17.5. The number of benzene rings is 1. The van der Waals surface area contributed by atoms with Gasteiger partial charge in [-0.3, -0.25) is 19.7 Å². The summed E-state index contributed by atoms with van der Waals surface area (Å²) in [6.07, 6.45) is 2.31. The zero-order valence-electron chi connectivity index (χ0n) is 17.5. The molecule has 2 N–H and O–H groups in total. The average Bonchev–Trinajstić information content (AvgIpc) is 3.04. The van der Waals surface area contributed by atoms with Gasteiger partial charge in [0.2, 0.25) is 11.8 Å². The number of fused-ring (bicyclic) bond motifs is 1. The Bertz CT molecular complexity index is 839. The first-order valence-corrected chi connectivity index (χ1v) is 10.9. The van der Waals surface area contributed by atoms with Crippen molar-refractivity contribution in [3.05, 3.63) is 29.3 Å². The lowest BCUT2D eigenvalue weighted by molar-refractivity contribution is -0.136. The average molecular weight is 431 g/mol. The molecule has 1 aromatic rings. The lowest BCUT2D eigenvalue weighted by Gasteiger charge is -2.40. The molecule has 9 heteroatoms. The van der Waals surface area contributed by atoms with Gasteiger partial charge in [0, 0.05) is 63.7 Å². The molecule has 168 valence electrons. The highest BCUT2D eigenvalue weighted by Crippen LogP contribution is 2.32. The molecule has 9 nitrogen and oxygen atoms in total. The van der Waals surface area contributed by atoms with Crippen LogP contribution < -0.4 is 10.2 Å². The number of carbonyl (C=O) groups is 3. The van der Waals surface area contributed by atoms with Crippen molar-refractivity contribution in [3.63, 3.8) is 0 Å². The van der Waals surface area contributed by atoms with Gasteiger partial charge in [-0.1, -0.05) is 0 Å². The number of ether oxygens (including phenoxy) is 2. The van der Waals surface area contributed by atoms with Crippen LogP contribution in [0.1, 0.15) is 41.6 Å². The van der Waals surface area contributed by atoms with Crippen LogP contribution in [0.5, 0.6) is 0 Å². The van der Waals surface area contributed by atoms with Gasteiger partial charge in [0.15, 0.2) is 0 Å². The van der Waals surface area contributed by atoms with Crippen molar-refractivity contribution >= 4 is 23.4 Å². The van der Waals surface area contributed by atoms with E-state index in [1.54, 1.807) is 4.90 Å². The Morgan fingerprint density at radius 1 is 1.10 bits per heavy atom. The van der Waals surface area contributed by atoms with Crippen LogP contribution in [0, 0.1) is 0 Å². The number of hydrogen-bond donors (Lipinski definition) is 2. The Morgan fingerprint density at radius 2 is 1.90 bits per heavy atom. The Morgan fingerprint density at radius 3 is 2.68 bits per heavy atom. The molecule has 3 heterocycles. The fraction of sp³-hybridized carbons (Fsp3) is 0.591. The summed E-state index contributed by atoms with van der Waals surface area (Å²) in [5.74, 6) is -0.822. The Kier molecular flexibility index (Phi) is 6.84. The van der Waals surface area contributed by atoms with Crippen LogP contribution in [0.2, 0.25) is 0 Å². The van der Waals surface area contributed by atoms with Crippen molar-refractivity contribution in [2.45, 2.75) is 44.4 Å². The summed E-state index contributed by atoms with van der Waals surface area (Å²) in [6.45, 7) is 4.01. The molecule has 1 aromatic carbocycles. The Hall–Kier alpha value is -2.49. The molecule has 31 heavy (non-hydrogen) atoms. The van der Waals surface area contributed by atoms with Crippen LogP contribution in [0.25, 0.3) is 0 Å². The van der Waals surface area contributed by atoms with E-state index in [1.165, 1.54) is 0 Å². The first-order valence-electron chi connectivity index (χ1n) is 10.9. The molecule has 0 radical (unpaired) electrons. The van der Waals surface area contributed by atoms with Crippen molar-refractivity contribution in [1.82, 2.24) is 10.2 Å². The molecule has 2 saturated heterocycles. The summed E-state index contributed by atoms with van der Waals surface area (Å²) >= 11 is 0. The molecule has 0 aliphatic carbocycles. The van der Waals surface area contributed by atoms with Gasteiger partial charge in [-0.25, -0.2) is 0 Å². The maximum absolute atomic E-state index is 12.8. The number of rotatable bonds is 10. The topological polar surface area (TPSA) is 108 Å². The van der Waals surface area contributed by atoms with Crippen molar-refractivity contribution in [2.24, 2.45) is 0 Å². The summed E-state index contributed by atoms with van der Waals surface area (Å²) in [5.41, 5.74) is 2.59. The Labute approximate surface area is 181 Å². The van der Waals surface area contributed by atoms with E-state index >= 15 is 0 Å². The summed E-state index contributed by atoms with van der Waals surface area (Å²) in [6, 6.07) is 5.20. The second kappa shape index (κ2) is 9.76. The monoisotopic (exact) mass is 431 g/mol. The fourth-order valence-corrected chi connectivity index (χ4v) is 4.19. The Balaban J connectivity index is 1.24. The second-order valence-corrected chi connectivity index (χ2v) is 8.18. The molecule has 1 unspecified atom stereocenters. The normalized spacial score (nSPS) is 21.3. The van der Waals surface area contributed by atoms with E-state index in [0.29, 0.717) is 44.8 Å². The van der Waals surface area contributed by atoms with Crippen LogP contribution in [-0.2, 0) is 25.6 Å². The van der Waals surface area contributed by atoms with Crippen LogP contribution >= 0.6 is 0 Å². The smallest absolute Gasteiger partial charge is 0.255 e. The minimum atomic E-state index is -0.588. The highest BCUT2D eigenvalue weighted by Gasteiger charge is 2.39. The molecule has 3 amide bonds. The van der Waals surface area contributed by atoms with Gasteiger partial charge in [-0.2, -0.15) is 0 Å². The predicted molar refractivity (Wildman–Crippen MR) is 112 cm³/mol. The third-order valence-corrected chi connectivity index (χ3v) is 5.95. The maximum Gasteiger partial charge on any atom is 0.255 e. The molecule has 0 saturated carbocycles. The van der Waals surface area contributed by atoms with E-state index in [0.717, 1.165) is 30.8 Å². The number of amides is 3. The van der Waals surface area contributed by atoms with E-state index in [9.17, 15) is 14.4 Å². The molecule has 3 aliphatic heterocycles. The number of imide groups is 1. The summed E-state index contributed by atoms with van der Waals surface area (Å²) in [4.78, 5) is 40.1. The van der Waals surface area contributed by atoms with E-state index < -0.39 is 6.04 Å². The maximum atomic E-state index is 12.8. The molecule has 1 atom stereocenters. The molecule has 0 bridgehead atoms. The summed E-state index contributed by atoms with van der Waals surface area (Å²) in [5, 5.41) is 11.0. The van der Waals surface area contributed by atoms with E-state index in [1.807, 2.05) is 18.2 Å². The van der Waals surface area contributed by atoms with Crippen LogP contribution in [0.4, 0.5) is 5.69 Å². The van der Waals surface area contributed by atoms with E-state index in [-0.39, 0.29) is 36.9 Å². The van der Waals surface area contributed by atoms with Gasteiger partial charge in [0.1, 0.15) is 6.04 Å². The second-order valence-electron chi connectivity index (χ2n) is 8.18. The van der Waals surface area contributed by atoms with Crippen LogP contribution in [-0.4, -0.2) is 79.4 Å². The summed E-state index contributed by atoms with van der Waals surface area (Å²) < 4.78 is 11.2. The molecular formula is C22H29N3O6. The number of anilines is 1. The molecule has 4 rings (SSSR count). The van der Waals surface area contributed by atoms with E-state index in [2.05, 4.69) is 10.2 Å². The van der Waals surface area contributed by atoms with Crippen molar-refractivity contribution in [1.29, 1.82) is 0 Å². The highest BCUT2D eigenvalue weighted by atomic mass is 16.5. The SMILES string of the molecule is O=C1CCC(N2Cc3cc(N4CC(OCCCOCCCO)C4)ccc3C2=O)C(=O)N1. The largest absolute Gasteiger partial charge is 0.396 e. The van der Waals surface area contributed by atoms with Gasteiger partial charge in [0.25, 0.3) is 5.91 Å². The fourth-order valence-electron chi connectivity index (χ4n) is 4.19. The van der Waals surface area contributed by atoms with Crippen molar-refractivity contribution < 1.29 is 29.0 Å². The van der Waals surface area contributed by atoms with Gasteiger partial charge in [-0.15, -0.1) is 0 Å². The molecular weight excluding hydrogens is 402 g/mol. The minimum absolute atomic E-state index is 0.151. The van der Waals surface area contributed by atoms with Gasteiger partial charge in [-0.05, 0) is 43.0 Å². The van der Waals surface area contributed by atoms with Gasteiger partial charge >= 0.3 is 0 Å². The molecule has 2 fully saturated rings. The first kappa shape index (κ1) is 21.7. The third kappa shape index (κ3) is 4.89. The van der Waals surface area contributed by atoms with Gasteiger partial charge < -0.3 is 24.4 Å². The molecule has 0 spiro atoms. The lowest BCUT2D eigenvalue weighted by Crippen LogP contribution is -2.52. The highest BCUT2D eigenvalue weighted by molar-refractivity contribution is 6.05. The van der Waals surface area contributed by atoms with Crippen molar-refractivity contribution in [3.8, 4) is 0 Å². The number of aliphatic hydroxyl groups is 1. The van der Waals surface area contributed by atoms with Crippen LogP contribution in [0.3, 0.4) is 0 Å². The number of carbonyl (C=O) groups excluding carboxylic acids is 3. The van der Waals surface area contributed by atoms with Crippen molar-refractivity contribution in [2.75, 3.05) is 44.4 Å². The molecule has 3 aliphatic rings. The predicted octanol–water partition coefficient (Wildman–Crippen LogP) is 0.442. The minimum Gasteiger partial charge on any atom is -0.396 e. The zero-order chi connectivity index (χ0) is 21.8. The number of hydrogen-bond acceptors (Lipinski definition) is 7. The number of piperidine rings is 1. The van der Waals surface area contributed by atoms with Gasteiger partial charge in [0.05, 0.1) is 6.10 Å². The first-order chi connectivity index (χ1) is 15.1. The number of nitrogens with zero attached hydrogens (tertiary/aromatic N) is 2. The van der Waals surface area contributed by atoms with E-state index in [4.69, 9.17) is 14.6 Å². The third-order valence-electron chi connectivity index (χ3n) is 5.95. The standard InChI is InChI=1S/C22H29N3O6/c26-7-1-8-30-9-2-10-31-17-13-24(14-17)16-3-4-18-15(11-16)12-25(22(18)29)19-5-6-20(27)23-21(19)28/h3-4,11,17,19,26H,1-2,5-10,12-14H2,(H,23,27,28). The lowest BCUT2D eigenvalue weighted by atomic mass is 10.0.